The molecule has 21 heavy (non-hydrogen) atoms. The van der Waals surface area contributed by atoms with Crippen LogP contribution in [0.3, 0.4) is 0 Å². The van der Waals surface area contributed by atoms with Gasteiger partial charge in [-0.05, 0) is 31.4 Å². The third-order valence-corrected chi connectivity index (χ3v) is 4.27. The molecule has 2 aliphatic heterocycles. The van der Waals surface area contributed by atoms with Gasteiger partial charge in [-0.2, -0.15) is 0 Å². The topological polar surface area (TPSA) is 24.5 Å². The van der Waals surface area contributed by atoms with Crippen LogP contribution in [-0.4, -0.2) is 36.9 Å². The van der Waals surface area contributed by atoms with E-state index in [0.29, 0.717) is 24.1 Å². The molecule has 1 aromatic rings. The number of hydrogen-bond donors (Lipinski definition) is 1. The highest BCUT2D eigenvalue weighted by molar-refractivity contribution is 5.33. The first kappa shape index (κ1) is 14.7. The van der Waals surface area contributed by atoms with E-state index >= 15 is 0 Å². The number of halogens is 3. The molecule has 2 fully saturated rings. The maximum Gasteiger partial charge on any atom is 0.573 e. The van der Waals surface area contributed by atoms with E-state index in [0.717, 1.165) is 19.6 Å². The molecule has 0 spiro atoms. The van der Waals surface area contributed by atoms with Gasteiger partial charge in [0.2, 0.25) is 0 Å². The fourth-order valence-electron chi connectivity index (χ4n) is 3.36. The van der Waals surface area contributed by atoms with E-state index < -0.39 is 6.36 Å². The molecule has 0 unspecified atom stereocenters. The minimum absolute atomic E-state index is 0.0900. The predicted octanol–water partition coefficient (Wildman–Crippen LogP) is 2.77. The number of hydrogen-bond acceptors (Lipinski definition) is 3. The van der Waals surface area contributed by atoms with Gasteiger partial charge in [-0.25, -0.2) is 0 Å². The lowest BCUT2D eigenvalue weighted by Gasteiger charge is -2.24. The van der Waals surface area contributed by atoms with Crippen molar-refractivity contribution < 1.29 is 17.9 Å². The summed E-state index contributed by atoms with van der Waals surface area (Å²) < 4.78 is 41.4. The largest absolute Gasteiger partial charge is 0.573 e. The summed E-state index contributed by atoms with van der Waals surface area (Å²) in [4.78, 5) is 2.21. The average Bonchev–Trinajstić information content (AvgIpc) is 2.81. The Morgan fingerprint density at radius 2 is 2.05 bits per heavy atom. The van der Waals surface area contributed by atoms with E-state index in [9.17, 15) is 13.2 Å². The highest BCUT2D eigenvalue weighted by atomic mass is 19.4. The summed E-state index contributed by atoms with van der Waals surface area (Å²) in [5, 5.41) is 3.50. The van der Waals surface area contributed by atoms with Gasteiger partial charge < -0.3 is 10.1 Å². The Bertz CT molecular complexity index is 478. The first-order chi connectivity index (χ1) is 10.0. The summed E-state index contributed by atoms with van der Waals surface area (Å²) >= 11 is 0. The monoisotopic (exact) mass is 300 g/mol. The molecule has 1 N–H and O–H groups in total. The van der Waals surface area contributed by atoms with Crippen molar-refractivity contribution in [3.63, 3.8) is 0 Å². The quantitative estimate of drug-likeness (QED) is 0.929. The maximum absolute atomic E-state index is 12.4. The Hall–Kier alpha value is -1.27. The predicted molar refractivity (Wildman–Crippen MR) is 72.9 cm³/mol. The number of alkyl halides is 3. The van der Waals surface area contributed by atoms with Gasteiger partial charge in [0, 0.05) is 31.2 Å². The normalized spacial score (nSPS) is 26.6. The average molecular weight is 300 g/mol. The lowest BCUT2D eigenvalue weighted by atomic mass is 9.94. The molecule has 0 aliphatic carbocycles. The number of piperidine rings is 1. The number of nitrogens with zero attached hydrogens (tertiary/aromatic N) is 1. The van der Waals surface area contributed by atoms with Crippen molar-refractivity contribution in [1.82, 2.24) is 10.2 Å². The van der Waals surface area contributed by atoms with Crippen LogP contribution in [-0.2, 0) is 6.54 Å². The van der Waals surface area contributed by atoms with Gasteiger partial charge in [-0.1, -0.05) is 18.2 Å². The van der Waals surface area contributed by atoms with Crippen molar-refractivity contribution in [2.24, 2.45) is 5.92 Å². The summed E-state index contributed by atoms with van der Waals surface area (Å²) in [5.74, 6) is 0.530. The Morgan fingerprint density at radius 3 is 2.81 bits per heavy atom. The number of fused-ring (bicyclic) bond motifs is 1. The fraction of sp³-hybridized carbons (Fsp3) is 0.600. The van der Waals surface area contributed by atoms with Crippen LogP contribution >= 0.6 is 0 Å². The number of rotatable bonds is 3. The molecule has 2 heterocycles. The first-order valence-electron chi connectivity index (χ1n) is 7.31. The fourth-order valence-corrected chi connectivity index (χ4v) is 3.36. The van der Waals surface area contributed by atoms with E-state index in [1.807, 2.05) is 0 Å². The standard InChI is InChI=1S/C15H19F3N2O/c16-15(17,18)21-14-6-2-1-4-12(14)9-20-8-11-5-3-7-19-13(11)10-20/h1-2,4,6,11,13,19H,3,5,7-10H2/t11-,13+/m0/s1. The highest BCUT2D eigenvalue weighted by Crippen LogP contribution is 2.30. The molecule has 6 heteroatoms. The zero-order valence-electron chi connectivity index (χ0n) is 11.7. The van der Waals surface area contributed by atoms with Gasteiger partial charge in [0.1, 0.15) is 5.75 Å². The minimum Gasteiger partial charge on any atom is -0.405 e. The third-order valence-electron chi connectivity index (χ3n) is 4.27. The van der Waals surface area contributed by atoms with E-state index in [4.69, 9.17) is 0 Å². The molecular formula is C15H19F3N2O. The van der Waals surface area contributed by atoms with Crippen LogP contribution in [0.2, 0.25) is 0 Å². The van der Waals surface area contributed by atoms with E-state index in [1.54, 1.807) is 18.2 Å². The molecule has 0 amide bonds. The smallest absolute Gasteiger partial charge is 0.405 e. The second-order valence-electron chi connectivity index (χ2n) is 5.81. The van der Waals surface area contributed by atoms with Crippen LogP contribution in [0.4, 0.5) is 13.2 Å². The summed E-state index contributed by atoms with van der Waals surface area (Å²) in [7, 11) is 0. The maximum atomic E-state index is 12.4. The lowest BCUT2D eigenvalue weighted by Crippen LogP contribution is -2.40. The summed E-state index contributed by atoms with van der Waals surface area (Å²) in [6.07, 6.45) is -2.26. The molecule has 3 nitrogen and oxygen atoms in total. The van der Waals surface area contributed by atoms with Gasteiger partial charge in [0.05, 0.1) is 0 Å². The van der Waals surface area contributed by atoms with Crippen LogP contribution in [0.5, 0.6) is 5.75 Å². The Morgan fingerprint density at radius 1 is 1.24 bits per heavy atom. The van der Waals surface area contributed by atoms with Crippen molar-refractivity contribution in [3.8, 4) is 5.75 Å². The zero-order chi connectivity index (χ0) is 14.9. The van der Waals surface area contributed by atoms with Crippen LogP contribution < -0.4 is 10.1 Å². The van der Waals surface area contributed by atoms with E-state index in [2.05, 4.69) is 15.0 Å². The minimum atomic E-state index is -4.64. The highest BCUT2D eigenvalue weighted by Gasteiger charge is 2.35. The molecule has 1 aromatic carbocycles. The number of para-hydroxylation sites is 1. The SMILES string of the molecule is FC(F)(F)Oc1ccccc1CN1C[C@@H]2CCCN[C@@H]2C1. The van der Waals surface area contributed by atoms with Crippen molar-refractivity contribution in [1.29, 1.82) is 0 Å². The molecular weight excluding hydrogens is 281 g/mol. The van der Waals surface area contributed by atoms with Crippen molar-refractivity contribution in [3.05, 3.63) is 29.8 Å². The molecule has 2 saturated heterocycles. The van der Waals surface area contributed by atoms with Crippen molar-refractivity contribution in [2.45, 2.75) is 31.8 Å². The molecule has 2 atom stereocenters. The second kappa shape index (κ2) is 5.85. The van der Waals surface area contributed by atoms with Crippen LogP contribution in [0.25, 0.3) is 0 Å². The number of likely N-dealkylation sites (tertiary alicyclic amines) is 1. The Labute approximate surface area is 122 Å². The molecule has 0 saturated carbocycles. The zero-order valence-corrected chi connectivity index (χ0v) is 11.7. The number of ether oxygens (including phenoxy) is 1. The van der Waals surface area contributed by atoms with Crippen LogP contribution in [0.1, 0.15) is 18.4 Å². The Balaban J connectivity index is 1.68. The van der Waals surface area contributed by atoms with Gasteiger partial charge in [-0.15, -0.1) is 13.2 Å². The molecule has 0 bridgehead atoms. The number of nitrogens with one attached hydrogen (secondary N) is 1. The summed E-state index contributed by atoms with van der Waals surface area (Å²) in [6, 6.07) is 6.88. The van der Waals surface area contributed by atoms with Gasteiger partial charge in [0.25, 0.3) is 0 Å². The van der Waals surface area contributed by atoms with Gasteiger partial charge in [-0.3, -0.25) is 4.90 Å². The molecule has 2 aliphatic rings. The molecule has 3 rings (SSSR count). The molecule has 116 valence electrons. The van der Waals surface area contributed by atoms with E-state index in [-0.39, 0.29) is 5.75 Å². The van der Waals surface area contributed by atoms with Crippen molar-refractivity contribution >= 4 is 0 Å². The second-order valence-corrected chi connectivity index (χ2v) is 5.81. The number of benzene rings is 1. The summed E-state index contributed by atoms with van der Waals surface area (Å²) in [5.41, 5.74) is 0.591. The molecule has 0 radical (unpaired) electrons. The van der Waals surface area contributed by atoms with E-state index in [1.165, 1.54) is 18.9 Å². The van der Waals surface area contributed by atoms with Gasteiger partial charge in [0.15, 0.2) is 0 Å². The Kier molecular flexibility index (Phi) is 4.08. The van der Waals surface area contributed by atoms with Crippen molar-refractivity contribution in [2.75, 3.05) is 19.6 Å². The van der Waals surface area contributed by atoms with Gasteiger partial charge >= 0.3 is 6.36 Å². The third kappa shape index (κ3) is 3.68. The molecule has 0 aromatic heterocycles. The van der Waals surface area contributed by atoms with Crippen LogP contribution in [0, 0.1) is 5.92 Å². The van der Waals surface area contributed by atoms with Crippen LogP contribution in [0.15, 0.2) is 24.3 Å². The summed E-state index contributed by atoms with van der Waals surface area (Å²) in [6.45, 7) is 3.38. The first-order valence-corrected chi connectivity index (χ1v) is 7.31. The lowest BCUT2D eigenvalue weighted by molar-refractivity contribution is -0.275.